The average Bonchev–Trinajstić information content (AvgIpc) is 2.98. The highest BCUT2D eigenvalue weighted by molar-refractivity contribution is 6.46. The number of nitrogens with zero attached hydrogens (tertiary/aromatic N) is 3. The lowest BCUT2D eigenvalue weighted by Gasteiger charge is -2.26. The lowest BCUT2D eigenvalue weighted by Crippen LogP contribution is -2.32. The van der Waals surface area contributed by atoms with Crippen LogP contribution in [0, 0.1) is 0 Å². The number of methoxy groups -OCH3 is 1. The molecule has 152 valence electrons. The second-order valence-corrected chi connectivity index (χ2v) is 7.16. The van der Waals surface area contributed by atoms with Crippen LogP contribution in [0.4, 0.5) is 0 Å². The molecule has 0 aliphatic carbocycles. The van der Waals surface area contributed by atoms with Crippen LogP contribution in [0.2, 0.25) is 0 Å². The molecule has 29 heavy (non-hydrogen) atoms. The molecule has 1 fully saturated rings. The zero-order chi connectivity index (χ0) is 21.0. The van der Waals surface area contributed by atoms with Crippen molar-refractivity contribution in [1.29, 1.82) is 0 Å². The number of hydrogen-bond acceptors (Lipinski definition) is 6. The third-order valence-electron chi connectivity index (χ3n) is 4.93. The first-order chi connectivity index (χ1) is 13.9. The second-order valence-electron chi connectivity index (χ2n) is 7.16. The van der Waals surface area contributed by atoms with Crippen molar-refractivity contribution in [3.63, 3.8) is 0 Å². The minimum absolute atomic E-state index is 0.0937. The molecule has 1 saturated heterocycles. The Kier molecular flexibility index (Phi) is 6.29. The molecule has 0 bridgehead atoms. The van der Waals surface area contributed by atoms with Crippen molar-refractivity contribution >= 4 is 17.4 Å². The molecule has 1 N–H and O–H groups in total. The molecule has 7 nitrogen and oxygen atoms in total. The van der Waals surface area contributed by atoms with Crippen molar-refractivity contribution < 1.29 is 19.4 Å². The monoisotopic (exact) mass is 395 g/mol. The first kappa shape index (κ1) is 20.5. The van der Waals surface area contributed by atoms with Crippen LogP contribution in [0.15, 0.2) is 54.4 Å². The van der Waals surface area contributed by atoms with Crippen molar-refractivity contribution in [2.24, 2.45) is 0 Å². The highest BCUT2D eigenvalue weighted by Gasteiger charge is 2.45. The molecule has 1 atom stereocenters. The van der Waals surface area contributed by atoms with Crippen LogP contribution in [-0.4, -0.2) is 65.9 Å². The van der Waals surface area contributed by atoms with Crippen LogP contribution >= 0.6 is 0 Å². The van der Waals surface area contributed by atoms with Gasteiger partial charge in [0.1, 0.15) is 11.5 Å². The van der Waals surface area contributed by atoms with Gasteiger partial charge >= 0.3 is 0 Å². The van der Waals surface area contributed by atoms with Gasteiger partial charge in [0, 0.05) is 24.5 Å². The molecule has 7 heteroatoms. The number of Topliss-reactive ketones (excluding diaryl/α,β-unsaturated/α-hetero) is 1. The summed E-state index contributed by atoms with van der Waals surface area (Å²) in [7, 11) is 5.49. The standard InChI is InChI=1S/C22H25N3O4/c1-24(2)13-4-14-25-19(15-5-7-17(29-3)8-6-15)18(21(27)22(25)28)20(26)16-9-11-23-12-10-16/h5-12,19,26H,4,13-14H2,1-3H3/t19-/m0/s1. The van der Waals surface area contributed by atoms with Crippen molar-refractivity contribution in [2.75, 3.05) is 34.3 Å². The van der Waals surface area contributed by atoms with Gasteiger partial charge in [0.15, 0.2) is 0 Å². The van der Waals surface area contributed by atoms with Crippen molar-refractivity contribution in [2.45, 2.75) is 12.5 Å². The first-order valence-electron chi connectivity index (χ1n) is 9.41. The lowest BCUT2D eigenvalue weighted by atomic mass is 9.95. The Morgan fingerprint density at radius 3 is 2.38 bits per heavy atom. The van der Waals surface area contributed by atoms with E-state index in [1.165, 1.54) is 12.4 Å². The molecule has 1 aromatic carbocycles. The summed E-state index contributed by atoms with van der Waals surface area (Å²) >= 11 is 0. The number of likely N-dealkylation sites (tertiary alicyclic amines) is 1. The largest absolute Gasteiger partial charge is 0.507 e. The Morgan fingerprint density at radius 1 is 1.14 bits per heavy atom. The number of rotatable bonds is 7. The molecule has 3 rings (SSSR count). The van der Waals surface area contributed by atoms with Gasteiger partial charge in [-0.25, -0.2) is 0 Å². The Morgan fingerprint density at radius 2 is 1.79 bits per heavy atom. The molecule has 2 heterocycles. The van der Waals surface area contributed by atoms with Gasteiger partial charge in [0.2, 0.25) is 0 Å². The highest BCUT2D eigenvalue weighted by atomic mass is 16.5. The number of ketones is 1. The minimum atomic E-state index is -0.676. The van der Waals surface area contributed by atoms with Gasteiger partial charge in [-0.05, 0) is 56.9 Å². The topological polar surface area (TPSA) is 83.0 Å². The van der Waals surface area contributed by atoms with Crippen LogP contribution in [0.1, 0.15) is 23.6 Å². The van der Waals surface area contributed by atoms with Gasteiger partial charge < -0.3 is 19.6 Å². The summed E-state index contributed by atoms with van der Waals surface area (Å²) in [5.41, 5.74) is 1.28. The third kappa shape index (κ3) is 4.30. The van der Waals surface area contributed by atoms with Crippen LogP contribution in [-0.2, 0) is 9.59 Å². The maximum Gasteiger partial charge on any atom is 0.295 e. The number of aliphatic hydroxyl groups is 1. The predicted molar refractivity (Wildman–Crippen MR) is 109 cm³/mol. The van der Waals surface area contributed by atoms with Crippen molar-refractivity contribution in [3.8, 4) is 5.75 Å². The Balaban J connectivity index is 2.06. The summed E-state index contributed by atoms with van der Waals surface area (Å²) in [6, 6.07) is 9.75. The lowest BCUT2D eigenvalue weighted by molar-refractivity contribution is -0.139. The number of hydrogen-bond donors (Lipinski definition) is 1. The van der Waals surface area contributed by atoms with E-state index < -0.39 is 17.7 Å². The van der Waals surface area contributed by atoms with Gasteiger partial charge in [0.05, 0.1) is 18.7 Å². The molecular weight excluding hydrogens is 370 g/mol. The van der Waals surface area contributed by atoms with E-state index in [4.69, 9.17) is 4.74 Å². The van der Waals surface area contributed by atoms with Crippen molar-refractivity contribution in [1.82, 2.24) is 14.8 Å². The fourth-order valence-corrected chi connectivity index (χ4v) is 3.47. The maximum absolute atomic E-state index is 12.9. The number of pyridine rings is 1. The van der Waals surface area contributed by atoms with E-state index in [0.29, 0.717) is 24.3 Å². The summed E-state index contributed by atoms with van der Waals surface area (Å²) in [6.07, 6.45) is 3.77. The van der Waals surface area contributed by atoms with Gasteiger partial charge in [-0.3, -0.25) is 14.6 Å². The van der Waals surface area contributed by atoms with E-state index in [9.17, 15) is 14.7 Å². The fraction of sp³-hybridized carbons (Fsp3) is 0.318. The van der Waals surface area contributed by atoms with Crippen LogP contribution in [0.25, 0.3) is 5.76 Å². The van der Waals surface area contributed by atoms with E-state index in [0.717, 1.165) is 12.1 Å². The molecule has 0 unspecified atom stereocenters. The minimum Gasteiger partial charge on any atom is -0.507 e. The molecule has 2 aromatic rings. The Bertz CT molecular complexity index is 907. The predicted octanol–water partition coefficient (Wildman–Crippen LogP) is 2.46. The zero-order valence-electron chi connectivity index (χ0n) is 16.8. The molecular formula is C22H25N3O4. The highest BCUT2D eigenvalue weighted by Crippen LogP contribution is 2.39. The third-order valence-corrected chi connectivity index (χ3v) is 4.93. The SMILES string of the molecule is COc1ccc([C@H]2C(=C(O)c3ccncc3)C(=O)C(=O)N2CCCN(C)C)cc1. The maximum atomic E-state index is 12.9. The second kappa shape index (κ2) is 8.87. The van der Waals surface area contributed by atoms with Crippen LogP contribution in [0.3, 0.4) is 0 Å². The normalized spacial score (nSPS) is 18.5. The fourth-order valence-electron chi connectivity index (χ4n) is 3.47. The van der Waals surface area contributed by atoms with Crippen LogP contribution in [0.5, 0.6) is 5.75 Å². The van der Waals surface area contributed by atoms with Gasteiger partial charge in [-0.1, -0.05) is 12.1 Å². The number of carbonyl (C=O) groups excluding carboxylic acids is 2. The van der Waals surface area contributed by atoms with Crippen LogP contribution < -0.4 is 4.74 Å². The number of aliphatic hydroxyl groups excluding tert-OH is 1. The number of benzene rings is 1. The van der Waals surface area contributed by atoms with Crippen molar-refractivity contribution in [3.05, 3.63) is 65.5 Å². The molecule has 1 aliphatic rings. The van der Waals surface area contributed by atoms with E-state index in [-0.39, 0.29) is 11.3 Å². The summed E-state index contributed by atoms with van der Waals surface area (Å²) in [5, 5.41) is 10.9. The van der Waals surface area contributed by atoms with Gasteiger partial charge in [-0.2, -0.15) is 0 Å². The van der Waals surface area contributed by atoms with E-state index in [1.807, 2.05) is 31.1 Å². The van der Waals surface area contributed by atoms with E-state index >= 15 is 0 Å². The number of amides is 1. The van der Waals surface area contributed by atoms with Gasteiger partial charge in [-0.15, -0.1) is 0 Å². The zero-order valence-corrected chi connectivity index (χ0v) is 16.8. The molecule has 1 aromatic heterocycles. The molecule has 0 spiro atoms. The number of carbonyl (C=O) groups is 2. The summed E-state index contributed by atoms with van der Waals surface area (Å²) < 4.78 is 5.21. The Hall–Kier alpha value is -3.19. The van der Waals surface area contributed by atoms with Gasteiger partial charge in [0.25, 0.3) is 11.7 Å². The number of ether oxygens (including phenoxy) is 1. The quantitative estimate of drug-likeness (QED) is 0.441. The molecule has 0 radical (unpaired) electrons. The summed E-state index contributed by atoms with van der Waals surface area (Å²) in [6.45, 7) is 1.19. The summed E-state index contributed by atoms with van der Waals surface area (Å²) in [5.74, 6) is -0.792. The van der Waals surface area contributed by atoms with E-state index in [2.05, 4.69) is 4.98 Å². The average molecular weight is 395 g/mol. The smallest absolute Gasteiger partial charge is 0.295 e. The Labute approximate surface area is 170 Å². The molecule has 0 saturated carbocycles. The van der Waals surface area contributed by atoms with E-state index in [1.54, 1.807) is 36.3 Å². The molecule has 1 amide bonds. The number of aromatic nitrogens is 1. The first-order valence-corrected chi connectivity index (χ1v) is 9.41. The summed E-state index contributed by atoms with van der Waals surface area (Å²) in [4.78, 5) is 33.2. The molecule has 1 aliphatic heterocycles.